The van der Waals surface area contributed by atoms with Crippen LogP contribution in [0.3, 0.4) is 0 Å². The first-order valence-corrected chi connectivity index (χ1v) is 6.57. The third-order valence-corrected chi connectivity index (χ3v) is 5.70. The first-order chi connectivity index (χ1) is 5.95. The van der Waals surface area contributed by atoms with Crippen molar-refractivity contribution in [1.82, 2.24) is 0 Å². The molecule has 0 radical (unpaired) electrons. The first kappa shape index (κ1) is 7.57. The van der Waals surface area contributed by atoms with Crippen molar-refractivity contribution in [3.05, 3.63) is 22.0 Å². The Morgan fingerprint density at radius 3 is 3.17 bits per heavy atom. The second kappa shape index (κ2) is 2.85. The summed E-state index contributed by atoms with van der Waals surface area (Å²) in [5.41, 5.74) is 0. The normalized spacial score (nSPS) is 38.7. The second-order valence-electron chi connectivity index (χ2n) is 3.64. The van der Waals surface area contributed by atoms with Gasteiger partial charge >= 0.3 is 0 Å². The van der Waals surface area contributed by atoms with E-state index < -0.39 is 0 Å². The maximum absolute atomic E-state index is 2.44. The monoisotopic (exact) mass is 196 g/mol. The Balaban J connectivity index is 1.95. The highest BCUT2D eigenvalue weighted by Crippen LogP contribution is 2.53. The van der Waals surface area contributed by atoms with Crippen molar-refractivity contribution < 1.29 is 0 Å². The van der Waals surface area contributed by atoms with Crippen molar-refractivity contribution in [2.45, 2.75) is 12.8 Å². The van der Waals surface area contributed by atoms with Gasteiger partial charge < -0.3 is 0 Å². The quantitative estimate of drug-likeness (QED) is 0.545. The van der Waals surface area contributed by atoms with Gasteiger partial charge in [0.25, 0.3) is 0 Å². The van der Waals surface area contributed by atoms with Gasteiger partial charge in [-0.3, -0.25) is 0 Å². The summed E-state index contributed by atoms with van der Waals surface area (Å²) < 4.78 is 0. The highest BCUT2D eigenvalue weighted by molar-refractivity contribution is 8.10. The van der Waals surface area contributed by atoms with Crippen molar-refractivity contribution >= 4 is 23.5 Å². The summed E-state index contributed by atoms with van der Waals surface area (Å²) in [5, 5.41) is 0. The van der Waals surface area contributed by atoms with Gasteiger partial charge in [-0.2, -0.15) is 0 Å². The molecule has 3 aliphatic rings. The number of rotatable bonds is 0. The van der Waals surface area contributed by atoms with Crippen LogP contribution in [0.4, 0.5) is 0 Å². The molecule has 2 heteroatoms. The SMILES string of the molecule is C1=C[C@@H]2C3=C(C[C@@H]2C1)SCCS3. The summed E-state index contributed by atoms with van der Waals surface area (Å²) in [5.74, 6) is 4.46. The molecule has 1 aliphatic heterocycles. The zero-order valence-corrected chi connectivity index (χ0v) is 8.59. The number of hydrogen-bond donors (Lipinski definition) is 0. The van der Waals surface area contributed by atoms with Crippen LogP contribution < -0.4 is 0 Å². The van der Waals surface area contributed by atoms with E-state index in [1.54, 1.807) is 9.81 Å². The Labute approximate surface area is 81.9 Å². The highest BCUT2D eigenvalue weighted by Gasteiger charge is 2.36. The third kappa shape index (κ3) is 1.01. The minimum atomic E-state index is 0.831. The zero-order chi connectivity index (χ0) is 7.97. The van der Waals surface area contributed by atoms with Gasteiger partial charge in [-0.15, -0.1) is 23.5 Å². The standard InChI is InChI=1S/C10H12S2/c1-2-7-6-9-10(8(7)3-1)12-5-4-11-9/h1,3,7-8H,2,4-6H2/t7-,8-/m0/s1. The molecule has 0 aromatic carbocycles. The van der Waals surface area contributed by atoms with Gasteiger partial charge in [0.05, 0.1) is 0 Å². The molecule has 0 aromatic rings. The molecule has 0 amide bonds. The Morgan fingerprint density at radius 2 is 2.17 bits per heavy atom. The summed E-state index contributed by atoms with van der Waals surface area (Å²) >= 11 is 4.23. The van der Waals surface area contributed by atoms with E-state index in [0.29, 0.717) is 0 Å². The average Bonchev–Trinajstić information content (AvgIpc) is 2.62. The van der Waals surface area contributed by atoms with Gasteiger partial charge in [0.15, 0.2) is 0 Å². The summed E-state index contributed by atoms with van der Waals surface area (Å²) in [6.07, 6.45) is 7.52. The number of allylic oxidation sites excluding steroid dienone is 4. The van der Waals surface area contributed by atoms with Gasteiger partial charge in [-0.25, -0.2) is 0 Å². The maximum Gasteiger partial charge on any atom is 0.0120 e. The van der Waals surface area contributed by atoms with Crippen LogP contribution in [0, 0.1) is 11.8 Å². The molecule has 0 saturated heterocycles. The summed E-state index contributed by atoms with van der Waals surface area (Å²) in [6.45, 7) is 0. The summed E-state index contributed by atoms with van der Waals surface area (Å²) in [7, 11) is 0. The molecule has 0 N–H and O–H groups in total. The lowest BCUT2D eigenvalue weighted by Crippen LogP contribution is -2.02. The Bertz CT molecular complexity index is 265. The molecular formula is C10H12S2. The minimum absolute atomic E-state index is 0.831. The van der Waals surface area contributed by atoms with Crippen molar-refractivity contribution in [3.63, 3.8) is 0 Å². The third-order valence-electron chi connectivity index (χ3n) is 2.93. The van der Waals surface area contributed by atoms with Gasteiger partial charge in [0.2, 0.25) is 0 Å². The summed E-state index contributed by atoms with van der Waals surface area (Å²) in [6, 6.07) is 0. The number of thioether (sulfide) groups is 2. The molecule has 0 spiro atoms. The van der Waals surface area contributed by atoms with Crippen molar-refractivity contribution in [1.29, 1.82) is 0 Å². The van der Waals surface area contributed by atoms with E-state index in [4.69, 9.17) is 0 Å². The molecule has 0 saturated carbocycles. The van der Waals surface area contributed by atoms with Gasteiger partial charge in [-0.05, 0) is 23.7 Å². The van der Waals surface area contributed by atoms with Crippen molar-refractivity contribution in [2.24, 2.45) is 11.8 Å². The van der Waals surface area contributed by atoms with Crippen molar-refractivity contribution in [2.75, 3.05) is 11.5 Å². The van der Waals surface area contributed by atoms with E-state index in [1.807, 2.05) is 0 Å². The predicted octanol–water partition coefficient (Wildman–Crippen LogP) is 3.27. The fraction of sp³-hybridized carbons (Fsp3) is 0.600. The molecule has 2 atom stereocenters. The molecule has 2 aliphatic carbocycles. The van der Waals surface area contributed by atoms with Crippen LogP contribution in [-0.2, 0) is 0 Å². The number of hydrogen-bond acceptors (Lipinski definition) is 2. The lowest BCUT2D eigenvalue weighted by Gasteiger charge is -2.15. The Morgan fingerprint density at radius 1 is 1.25 bits per heavy atom. The first-order valence-electron chi connectivity index (χ1n) is 4.60. The van der Waals surface area contributed by atoms with E-state index in [9.17, 15) is 0 Å². The van der Waals surface area contributed by atoms with Gasteiger partial charge in [-0.1, -0.05) is 12.2 Å². The molecule has 0 nitrogen and oxygen atoms in total. The zero-order valence-electron chi connectivity index (χ0n) is 6.95. The van der Waals surface area contributed by atoms with Crippen LogP contribution in [0.1, 0.15) is 12.8 Å². The van der Waals surface area contributed by atoms with Crippen molar-refractivity contribution in [3.8, 4) is 0 Å². The molecule has 0 unspecified atom stereocenters. The number of fused-ring (bicyclic) bond motifs is 2. The average molecular weight is 196 g/mol. The van der Waals surface area contributed by atoms with Crippen LogP contribution >= 0.6 is 23.5 Å². The minimum Gasteiger partial charge on any atom is -0.129 e. The molecule has 1 heterocycles. The molecule has 0 aromatic heterocycles. The molecule has 12 heavy (non-hydrogen) atoms. The fourth-order valence-electron chi connectivity index (χ4n) is 2.36. The molecule has 3 rings (SSSR count). The van der Waals surface area contributed by atoms with Crippen LogP contribution in [0.2, 0.25) is 0 Å². The van der Waals surface area contributed by atoms with Gasteiger partial charge in [0, 0.05) is 22.3 Å². The molecular weight excluding hydrogens is 184 g/mol. The molecule has 64 valence electrons. The maximum atomic E-state index is 2.44. The largest absolute Gasteiger partial charge is 0.129 e. The van der Waals surface area contributed by atoms with E-state index in [2.05, 4.69) is 35.7 Å². The van der Waals surface area contributed by atoms with E-state index in [0.717, 1.165) is 11.8 Å². The molecule has 0 fully saturated rings. The van der Waals surface area contributed by atoms with E-state index >= 15 is 0 Å². The molecule has 0 bridgehead atoms. The topological polar surface area (TPSA) is 0 Å². The Hall–Kier alpha value is 0.180. The summed E-state index contributed by atoms with van der Waals surface area (Å²) in [4.78, 5) is 3.45. The lowest BCUT2D eigenvalue weighted by molar-refractivity contribution is 0.522. The van der Waals surface area contributed by atoms with Crippen LogP contribution in [0.15, 0.2) is 22.0 Å². The Kier molecular flexibility index (Phi) is 1.80. The second-order valence-corrected chi connectivity index (χ2v) is 5.96. The fourth-order valence-corrected chi connectivity index (χ4v) is 5.17. The van der Waals surface area contributed by atoms with E-state index in [-0.39, 0.29) is 0 Å². The predicted molar refractivity (Wildman–Crippen MR) is 57.3 cm³/mol. The smallest absolute Gasteiger partial charge is 0.0120 e. The highest BCUT2D eigenvalue weighted by atomic mass is 32.2. The van der Waals surface area contributed by atoms with Gasteiger partial charge in [0.1, 0.15) is 0 Å². The van der Waals surface area contributed by atoms with Crippen LogP contribution in [-0.4, -0.2) is 11.5 Å². The van der Waals surface area contributed by atoms with E-state index in [1.165, 1.54) is 24.3 Å². The lowest BCUT2D eigenvalue weighted by atomic mass is 9.99. The van der Waals surface area contributed by atoms with Crippen LogP contribution in [0.5, 0.6) is 0 Å². The van der Waals surface area contributed by atoms with Crippen LogP contribution in [0.25, 0.3) is 0 Å².